The summed E-state index contributed by atoms with van der Waals surface area (Å²) in [4.78, 5) is 21.4. The van der Waals surface area contributed by atoms with Crippen LogP contribution < -0.4 is 4.72 Å². The number of carboxylic acids is 1. The van der Waals surface area contributed by atoms with Crippen LogP contribution >= 0.6 is 11.3 Å². The lowest BCUT2D eigenvalue weighted by molar-refractivity contribution is -0.140. The second-order valence-electron chi connectivity index (χ2n) is 7.53. The average molecular weight is 455 g/mol. The van der Waals surface area contributed by atoms with Gasteiger partial charge in [0.25, 0.3) is 10.0 Å². The molecule has 10 heteroatoms. The van der Waals surface area contributed by atoms with E-state index in [0.717, 1.165) is 16.9 Å². The number of sulfonamides is 1. The summed E-state index contributed by atoms with van der Waals surface area (Å²) < 4.78 is 30.5. The quantitative estimate of drug-likeness (QED) is 0.463. The van der Waals surface area contributed by atoms with E-state index >= 15 is 0 Å². The normalized spacial score (nSPS) is 23.1. The zero-order valence-electron chi connectivity index (χ0n) is 16.3. The fourth-order valence-electron chi connectivity index (χ4n) is 4.12. The minimum atomic E-state index is -4.05. The van der Waals surface area contributed by atoms with Crippen LogP contribution in [0.4, 0.5) is 0 Å². The number of nitrogens with one attached hydrogen (secondary N) is 1. The number of benzene rings is 1. The van der Waals surface area contributed by atoms with Crippen molar-refractivity contribution in [2.24, 2.45) is 5.92 Å². The van der Waals surface area contributed by atoms with Gasteiger partial charge < -0.3 is 5.11 Å². The van der Waals surface area contributed by atoms with Gasteiger partial charge in [0, 0.05) is 24.5 Å². The van der Waals surface area contributed by atoms with Gasteiger partial charge in [-0.3, -0.25) is 9.20 Å². The van der Waals surface area contributed by atoms with Crippen LogP contribution in [0.25, 0.3) is 16.3 Å². The van der Waals surface area contributed by atoms with Gasteiger partial charge in [-0.25, -0.2) is 18.4 Å². The van der Waals surface area contributed by atoms with E-state index in [1.165, 1.54) is 6.07 Å². The van der Waals surface area contributed by atoms with Gasteiger partial charge in [-0.05, 0) is 29.7 Å². The highest BCUT2D eigenvalue weighted by atomic mass is 32.2. The summed E-state index contributed by atoms with van der Waals surface area (Å²) in [7, 11) is -4.05. The van der Waals surface area contributed by atoms with Crippen molar-refractivity contribution in [2.75, 3.05) is 0 Å². The fraction of sp³-hybridized carbons (Fsp3) is 0.190. The zero-order valence-corrected chi connectivity index (χ0v) is 18.0. The molecule has 4 aromatic rings. The van der Waals surface area contributed by atoms with Crippen LogP contribution in [0.3, 0.4) is 0 Å². The van der Waals surface area contributed by atoms with E-state index < -0.39 is 27.4 Å². The van der Waals surface area contributed by atoms with Gasteiger partial charge in [-0.1, -0.05) is 37.3 Å². The van der Waals surface area contributed by atoms with Crippen LogP contribution in [-0.4, -0.2) is 39.4 Å². The van der Waals surface area contributed by atoms with Crippen LogP contribution in [0.15, 0.2) is 71.3 Å². The zero-order chi connectivity index (χ0) is 21.8. The van der Waals surface area contributed by atoms with Gasteiger partial charge in [0.05, 0.1) is 4.88 Å². The Hall–Kier alpha value is -3.08. The third-order valence-corrected chi connectivity index (χ3v) is 8.83. The van der Waals surface area contributed by atoms with Crippen molar-refractivity contribution in [1.82, 2.24) is 19.1 Å². The lowest BCUT2D eigenvalue weighted by Crippen LogP contribution is -2.45. The molecule has 1 unspecified atom stereocenters. The van der Waals surface area contributed by atoms with E-state index in [9.17, 15) is 18.3 Å². The third kappa shape index (κ3) is 3.14. The molecule has 1 aliphatic carbocycles. The summed E-state index contributed by atoms with van der Waals surface area (Å²) >= 11 is 1.04. The number of aromatic nitrogens is 3. The molecule has 0 amide bonds. The van der Waals surface area contributed by atoms with Crippen molar-refractivity contribution in [3.05, 3.63) is 72.7 Å². The first-order valence-corrected chi connectivity index (χ1v) is 11.8. The summed E-state index contributed by atoms with van der Waals surface area (Å²) in [5.41, 5.74) is -0.179. The molecule has 1 saturated carbocycles. The largest absolute Gasteiger partial charge is 0.480 e. The van der Waals surface area contributed by atoms with Crippen molar-refractivity contribution >= 4 is 33.1 Å². The minimum Gasteiger partial charge on any atom is -0.480 e. The summed E-state index contributed by atoms with van der Waals surface area (Å²) in [5.74, 6) is -1.49. The molecule has 0 saturated heterocycles. The molecule has 158 valence electrons. The Morgan fingerprint density at radius 1 is 1.19 bits per heavy atom. The van der Waals surface area contributed by atoms with Crippen molar-refractivity contribution in [1.29, 1.82) is 0 Å². The summed E-state index contributed by atoms with van der Waals surface area (Å²) in [6.45, 7) is 1.75. The molecule has 1 fully saturated rings. The van der Waals surface area contributed by atoms with Crippen molar-refractivity contribution < 1.29 is 18.3 Å². The maximum Gasteiger partial charge on any atom is 0.325 e. The number of thiophene rings is 1. The van der Waals surface area contributed by atoms with Gasteiger partial charge in [0.1, 0.15) is 15.4 Å². The van der Waals surface area contributed by atoms with Gasteiger partial charge in [-0.15, -0.1) is 11.3 Å². The molecule has 2 N–H and O–H groups in total. The lowest BCUT2D eigenvalue weighted by atomic mass is 10.1. The van der Waals surface area contributed by atoms with Gasteiger partial charge in [-0.2, -0.15) is 4.72 Å². The Kier molecular flexibility index (Phi) is 4.47. The molecular weight excluding hydrogens is 436 g/mol. The summed E-state index contributed by atoms with van der Waals surface area (Å²) in [6.07, 6.45) is 5.21. The Morgan fingerprint density at radius 2 is 1.97 bits per heavy atom. The van der Waals surface area contributed by atoms with Crippen LogP contribution in [0, 0.1) is 5.92 Å². The van der Waals surface area contributed by atoms with Gasteiger partial charge >= 0.3 is 5.97 Å². The number of aliphatic carboxylic acids is 1. The smallest absolute Gasteiger partial charge is 0.325 e. The highest BCUT2D eigenvalue weighted by molar-refractivity contribution is 7.91. The Balaban J connectivity index is 1.46. The Bertz CT molecular complexity index is 1360. The van der Waals surface area contributed by atoms with Crippen molar-refractivity contribution in [3.8, 4) is 10.6 Å². The van der Waals surface area contributed by atoms with Crippen LogP contribution in [0.2, 0.25) is 0 Å². The first-order chi connectivity index (χ1) is 14.8. The molecule has 8 nitrogen and oxygen atoms in total. The molecule has 3 atom stereocenters. The van der Waals surface area contributed by atoms with E-state index in [-0.39, 0.29) is 10.1 Å². The first kappa shape index (κ1) is 19.9. The molecule has 0 spiro atoms. The van der Waals surface area contributed by atoms with E-state index in [1.807, 2.05) is 30.3 Å². The lowest BCUT2D eigenvalue weighted by Gasteiger charge is -2.15. The standard InChI is InChI=1S/C21H18N4O4S2/c1-13-18(14-6-3-2-4-7-14)21(13,19(26)27)24-31(28,29)17-9-8-16(30-17)15-12-25-11-5-10-22-20(25)23-15/h2-13,18,24H,1H3,(H,26,27)/t13?,18-,21+/m1/s1. The van der Waals surface area contributed by atoms with Crippen molar-refractivity contribution in [2.45, 2.75) is 22.6 Å². The molecule has 0 radical (unpaired) electrons. The maximum absolute atomic E-state index is 13.1. The SMILES string of the molecule is CC1[C@H](c2ccccc2)[C@]1(NS(=O)(=O)c1ccc(-c2cn3cccnc3n2)s1)C(=O)O. The predicted octanol–water partition coefficient (Wildman–Crippen LogP) is 2.99. The number of rotatable bonds is 6. The number of fused-ring (bicyclic) bond motifs is 1. The van der Waals surface area contributed by atoms with E-state index in [0.29, 0.717) is 16.3 Å². The van der Waals surface area contributed by atoms with E-state index in [1.54, 1.807) is 42.0 Å². The molecule has 0 aliphatic heterocycles. The highest BCUT2D eigenvalue weighted by Crippen LogP contribution is 2.58. The van der Waals surface area contributed by atoms with E-state index in [2.05, 4.69) is 14.7 Å². The maximum atomic E-state index is 13.1. The summed E-state index contributed by atoms with van der Waals surface area (Å²) in [5, 5.41) is 9.94. The molecule has 3 aromatic heterocycles. The van der Waals surface area contributed by atoms with Gasteiger partial charge in [0.2, 0.25) is 5.78 Å². The number of carbonyl (C=O) groups is 1. The number of hydrogen-bond donors (Lipinski definition) is 2. The number of carboxylic acid groups (broad SMARTS) is 1. The molecular formula is C21H18N4O4S2. The third-order valence-electron chi connectivity index (χ3n) is 5.75. The molecule has 1 aliphatic rings. The predicted molar refractivity (Wildman–Crippen MR) is 115 cm³/mol. The summed E-state index contributed by atoms with van der Waals surface area (Å²) in [6, 6.07) is 14.0. The number of hydrogen-bond acceptors (Lipinski definition) is 6. The van der Waals surface area contributed by atoms with Crippen LogP contribution in [0.5, 0.6) is 0 Å². The Morgan fingerprint density at radius 3 is 2.68 bits per heavy atom. The highest BCUT2D eigenvalue weighted by Gasteiger charge is 2.70. The molecule has 5 rings (SSSR count). The average Bonchev–Trinajstić information content (AvgIpc) is 3.16. The van der Waals surface area contributed by atoms with Crippen LogP contribution in [-0.2, 0) is 14.8 Å². The fourth-order valence-corrected chi connectivity index (χ4v) is 6.84. The van der Waals surface area contributed by atoms with E-state index in [4.69, 9.17) is 0 Å². The molecule has 31 heavy (non-hydrogen) atoms. The topological polar surface area (TPSA) is 114 Å². The van der Waals surface area contributed by atoms with Crippen molar-refractivity contribution in [3.63, 3.8) is 0 Å². The second-order valence-corrected chi connectivity index (χ2v) is 10.5. The van der Waals surface area contributed by atoms with Gasteiger partial charge in [0.15, 0.2) is 0 Å². The molecule has 1 aromatic carbocycles. The number of nitrogens with zero attached hydrogens (tertiary/aromatic N) is 3. The second kappa shape index (κ2) is 6.98. The molecule has 0 bridgehead atoms. The van der Waals surface area contributed by atoms with Crippen LogP contribution in [0.1, 0.15) is 18.4 Å². The Labute approximate surface area is 182 Å². The first-order valence-electron chi connectivity index (χ1n) is 9.55. The molecule has 3 heterocycles. The minimum absolute atomic E-state index is 0.0408. The monoisotopic (exact) mass is 454 g/mol. The number of imidazole rings is 1.